The van der Waals surface area contributed by atoms with E-state index in [4.69, 9.17) is 26.2 Å². The van der Waals surface area contributed by atoms with Gasteiger partial charge in [-0.1, -0.05) is 23.7 Å². The fraction of sp³-hybridized carbons (Fsp3) is 0.105. The molecule has 1 aliphatic rings. The largest absolute Gasteiger partial charge is 0.494 e. The van der Waals surface area contributed by atoms with Gasteiger partial charge in [0.1, 0.15) is 17.2 Å². The van der Waals surface area contributed by atoms with E-state index in [1.54, 1.807) is 48.5 Å². The molecule has 0 aliphatic carbocycles. The second kappa shape index (κ2) is 8.81. The van der Waals surface area contributed by atoms with Gasteiger partial charge >= 0.3 is 5.97 Å². The molecule has 1 aliphatic heterocycles. The molecule has 1 amide bonds. The number of thioether (sulfide) groups is 1. The van der Waals surface area contributed by atoms with Crippen LogP contribution < -0.4 is 14.8 Å². The molecule has 144 valence electrons. The Bertz CT molecular complexity index is 973. The van der Waals surface area contributed by atoms with Gasteiger partial charge in [0.25, 0.3) is 5.91 Å². The summed E-state index contributed by atoms with van der Waals surface area (Å²) in [5, 5.41) is 12.2. The summed E-state index contributed by atoms with van der Waals surface area (Å²) in [7, 11) is 1.53. The Kier molecular flexibility index (Phi) is 6.23. The molecule has 0 atom stereocenters. The average Bonchev–Trinajstić information content (AvgIpc) is 3.00. The zero-order chi connectivity index (χ0) is 20.1. The number of hydrogen-bond acceptors (Lipinski definition) is 6. The number of nitrogens with zero attached hydrogens (tertiary/aromatic N) is 1. The lowest BCUT2D eigenvalue weighted by molar-refractivity contribution is -0.139. The van der Waals surface area contributed by atoms with Crippen molar-refractivity contribution < 1.29 is 24.2 Å². The number of amides is 1. The molecular formula is C19H15ClN2O5S. The van der Waals surface area contributed by atoms with Gasteiger partial charge in [-0.25, -0.2) is 9.79 Å². The van der Waals surface area contributed by atoms with Crippen molar-refractivity contribution in [1.29, 1.82) is 0 Å². The molecule has 0 spiro atoms. The first kappa shape index (κ1) is 19.8. The van der Waals surface area contributed by atoms with Gasteiger partial charge in [-0.3, -0.25) is 4.79 Å². The third-order valence-corrected chi connectivity index (χ3v) is 4.70. The lowest BCUT2D eigenvalue weighted by Gasteiger charge is -2.05. The molecule has 9 heteroatoms. The van der Waals surface area contributed by atoms with Gasteiger partial charge in [-0.2, -0.15) is 0 Å². The van der Waals surface area contributed by atoms with Crippen molar-refractivity contribution in [1.82, 2.24) is 5.32 Å². The molecular weight excluding hydrogens is 404 g/mol. The second-order valence-corrected chi connectivity index (χ2v) is 7.02. The summed E-state index contributed by atoms with van der Waals surface area (Å²) >= 11 is 7.20. The maximum absolute atomic E-state index is 12.2. The Balaban J connectivity index is 1.75. The minimum absolute atomic E-state index is 0.268. The maximum Gasteiger partial charge on any atom is 0.341 e. The Morgan fingerprint density at radius 3 is 2.71 bits per heavy atom. The van der Waals surface area contributed by atoms with Crippen molar-refractivity contribution in [2.45, 2.75) is 0 Å². The van der Waals surface area contributed by atoms with Gasteiger partial charge in [0.2, 0.25) is 0 Å². The summed E-state index contributed by atoms with van der Waals surface area (Å²) in [5.41, 5.74) is 1.28. The zero-order valence-electron chi connectivity index (χ0n) is 14.6. The molecule has 1 heterocycles. The van der Waals surface area contributed by atoms with Crippen LogP contribution in [0.2, 0.25) is 5.02 Å². The van der Waals surface area contributed by atoms with Gasteiger partial charge in [-0.05, 0) is 53.7 Å². The molecule has 7 nitrogen and oxygen atoms in total. The summed E-state index contributed by atoms with van der Waals surface area (Å²) in [4.78, 5) is 27.6. The molecule has 1 saturated heterocycles. The van der Waals surface area contributed by atoms with Gasteiger partial charge in [0.05, 0.1) is 12.0 Å². The van der Waals surface area contributed by atoms with Crippen LogP contribution in [0, 0.1) is 0 Å². The Morgan fingerprint density at radius 2 is 2.04 bits per heavy atom. The number of rotatable bonds is 6. The lowest BCUT2D eigenvalue weighted by Crippen LogP contribution is -2.19. The molecule has 2 aromatic carbocycles. The van der Waals surface area contributed by atoms with Crippen LogP contribution in [0.15, 0.2) is 52.4 Å². The van der Waals surface area contributed by atoms with Crippen molar-refractivity contribution in [3.8, 4) is 11.5 Å². The highest BCUT2D eigenvalue weighted by atomic mass is 35.5. The molecule has 2 N–H and O–H groups in total. The van der Waals surface area contributed by atoms with Gasteiger partial charge in [0, 0.05) is 5.02 Å². The van der Waals surface area contributed by atoms with Crippen molar-refractivity contribution in [3.05, 3.63) is 58.0 Å². The standard InChI is InChI=1S/C19H15ClN2O5S/c1-26-15-7-4-12(20)9-14(15)21-19-22-18(25)16(28-19)8-11-2-5-13(6-3-11)27-10-17(23)24/h2-9H,10H2,1H3,(H,23,24)(H,21,22,25)/b16-8-. The monoisotopic (exact) mass is 418 g/mol. The summed E-state index contributed by atoms with van der Waals surface area (Å²) in [5.74, 6) is -0.339. The van der Waals surface area contributed by atoms with E-state index in [0.717, 1.165) is 5.56 Å². The molecule has 28 heavy (non-hydrogen) atoms. The fourth-order valence-corrected chi connectivity index (χ4v) is 3.30. The van der Waals surface area contributed by atoms with E-state index in [1.165, 1.54) is 18.9 Å². The zero-order valence-corrected chi connectivity index (χ0v) is 16.2. The highest BCUT2D eigenvalue weighted by molar-refractivity contribution is 8.18. The quantitative estimate of drug-likeness (QED) is 0.694. The number of carboxylic acid groups (broad SMARTS) is 1. The van der Waals surface area contributed by atoms with Crippen LogP contribution in [0.4, 0.5) is 5.69 Å². The first-order chi connectivity index (χ1) is 13.4. The molecule has 0 saturated carbocycles. The third-order valence-electron chi connectivity index (χ3n) is 3.55. The van der Waals surface area contributed by atoms with Gasteiger partial charge in [-0.15, -0.1) is 0 Å². The predicted octanol–water partition coefficient (Wildman–Crippen LogP) is 3.70. The molecule has 0 radical (unpaired) electrons. The van der Waals surface area contributed by atoms with Crippen molar-refractivity contribution in [3.63, 3.8) is 0 Å². The number of aliphatic carboxylic acids is 1. The topological polar surface area (TPSA) is 97.2 Å². The lowest BCUT2D eigenvalue weighted by atomic mass is 10.2. The number of carbonyl (C=O) groups is 2. The third kappa shape index (κ3) is 5.05. The molecule has 2 aromatic rings. The van der Waals surface area contributed by atoms with E-state index in [1.807, 2.05) is 0 Å². The van der Waals surface area contributed by atoms with Crippen LogP contribution in [-0.2, 0) is 9.59 Å². The number of methoxy groups -OCH3 is 1. The van der Waals surface area contributed by atoms with Crippen molar-refractivity contribution in [2.24, 2.45) is 4.99 Å². The number of aliphatic imine (C=N–C) groups is 1. The highest BCUT2D eigenvalue weighted by Crippen LogP contribution is 2.34. The average molecular weight is 419 g/mol. The number of amidine groups is 1. The number of ether oxygens (including phenoxy) is 2. The number of hydrogen-bond donors (Lipinski definition) is 2. The number of benzene rings is 2. The molecule has 1 fully saturated rings. The minimum Gasteiger partial charge on any atom is -0.494 e. The van der Waals surface area contributed by atoms with Crippen LogP contribution in [0.25, 0.3) is 6.08 Å². The smallest absolute Gasteiger partial charge is 0.341 e. The summed E-state index contributed by atoms with van der Waals surface area (Å²) < 4.78 is 10.3. The minimum atomic E-state index is -1.05. The number of nitrogens with one attached hydrogen (secondary N) is 1. The van der Waals surface area contributed by atoms with E-state index in [2.05, 4.69) is 10.3 Å². The second-order valence-electron chi connectivity index (χ2n) is 5.55. The fourth-order valence-electron chi connectivity index (χ4n) is 2.30. The van der Waals surface area contributed by atoms with Crippen LogP contribution in [0.1, 0.15) is 5.56 Å². The van der Waals surface area contributed by atoms with Crippen LogP contribution >= 0.6 is 23.4 Å². The predicted molar refractivity (Wildman–Crippen MR) is 108 cm³/mol. The summed E-state index contributed by atoms with van der Waals surface area (Å²) in [6.45, 7) is -0.411. The van der Waals surface area contributed by atoms with E-state index < -0.39 is 12.6 Å². The highest BCUT2D eigenvalue weighted by Gasteiger charge is 2.24. The summed E-state index contributed by atoms with van der Waals surface area (Å²) in [6, 6.07) is 11.8. The molecule has 3 rings (SSSR count). The van der Waals surface area contributed by atoms with Crippen LogP contribution in [0.5, 0.6) is 11.5 Å². The van der Waals surface area contributed by atoms with Crippen LogP contribution in [-0.4, -0.2) is 35.9 Å². The SMILES string of the molecule is COc1ccc(Cl)cc1N=C1NC(=O)/C(=C/c2ccc(OCC(=O)O)cc2)S1. The van der Waals surface area contributed by atoms with Crippen molar-refractivity contribution in [2.75, 3.05) is 13.7 Å². The first-order valence-electron chi connectivity index (χ1n) is 8.02. The number of carboxylic acids is 1. The van der Waals surface area contributed by atoms with E-state index >= 15 is 0 Å². The van der Waals surface area contributed by atoms with E-state index in [-0.39, 0.29) is 5.91 Å². The summed E-state index contributed by atoms with van der Waals surface area (Å²) in [6.07, 6.45) is 1.71. The van der Waals surface area contributed by atoms with E-state index in [9.17, 15) is 9.59 Å². The molecule has 0 aromatic heterocycles. The van der Waals surface area contributed by atoms with E-state index in [0.29, 0.717) is 32.3 Å². The Labute approximate surface area is 170 Å². The number of carbonyl (C=O) groups excluding carboxylic acids is 1. The Morgan fingerprint density at radius 1 is 1.29 bits per heavy atom. The normalized spacial score (nSPS) is 16.3. The first-order valence-corrected chi connectivity index (χ1v) is 9.22. The molecule has 0 bridgehead atoms. The van der Waals surface area contributed by atoms with Crippen LogP contribution in [0.3, 0.4) is 0 Å². The Hall–Kier alpha value is -2.97. The van der Waals surface area contributed by atoms with Gasteiger partial charge < -0.3 is 19.9 Å². The maximum atomic E-state index is 12.2. The van der Waals surface area contributed by atoms with Crippen molar-refractivity contribution >= 4 is 52.2 Å². The molecule has 0 unspecified atom stereocenters. The number of halogens is 1. The van der Waals surface area contributed by atoms with Gasteiger partial charge in [0.15, 0.2) is 11.8 Å².